The van der Waals surface area contributed by atoms with Crippen molar-refractivity contribution in [3.8, 4) is 11.5 Å². The predicted molar refractivity (Wildman–Crippen MR) is 149 cm³/mol. The molecule has 8 heteroatoms. The van der Waals surface area contributed by atoms with Gasteiger partial charge in [0.1, 0.15) is 17.3 Å². The maximum absolute atomic E-state index is 13.5. The molecule has 0 spiro atoms. The number of carbonyl (C=O) groups is 2. The number of Topliss-reactive ketones (excluding diaryl/α,β-unsaturated/α-hetero) is 1. The van der Waals surface area contributed by atoms with Gasteiger partial charge in [-0.05, 0) is 34.7 Å². The summed E-state index contributed by atoms with van der Waals surface area (Å²) < 4.78 is 10.9. The van der Waals surface area contributed by atoms with Crippen molar-refractivity contribution in [2.75, 3.05) is 14.2 Å². The monoisotopic (exact) mass is 553 g/mol. The van der Waals surface area contributed by atoms with Crippen LogP contribution in [0.1, 0.15) is 49.1 Å². The van der Waals surface area contributed by atoms with Gasteiger partial charge in [0.2, 0.25) is 0 Å². The van der Waals surface area contributed by atoms with Crippen molar-refractivity contribution >= 4 is 40.7 Å². The summed E-state index contributed by atoms with van der Waals surface area (Å²) in [5, 5.41) is 11.9. The van der Waals surface area contributed by atoms with E-state index in [2.05, 4.69) is 20.8 Å². The molecule has 1 aliphatic rings. The number of benzene rings is 3. The van der Waals surface area contributed by atoms with Crippen molar-refractivity contribution in [2.45, 2.75) is 38.8 Å². The second kappa shape index (κ2) is 10.7. The SMILES string of the molecule is COc1ccccc1CN1C(=O)C(=O)/C(=C(/O)c2cc(Cl)cc(Cl)c2OC)C1c1ccc(C(C)(C)C)cc1. The molecule has 1 unspecified atom stereocenters. The van der Waals surface area contributed by atoms with Gasteiger partial charge in [0, 0.05) is 10.6 Å². The highest BCUT2D eigenvalue weighted by Crippen LogP contribution is 2.44. The van der Waals surface area contributed by atoms with E-state index in [0.717, 1.165) is 11.1 Å². The normalized spacial score (nSPS) is 17.1. The lowest BCUT2D eigenvalue weighted by molar-refractivity contribution is -0.140. The summed E-state index contributed by atoms with van der Waals surface area (Å²) in [4.78, 5) is 28.4. The van der Waals surface area contributed by atoms with Crippen LogP contribution in [0.25, 0.3) is 5.76 Å². The van der Waals surface area contributed by atoms with Gasteiger partial charge in [-0.1, -0.05) is 86.4 Å². The first kappa shape index (κ1) is 27.6. The molecule has 3 aromatic carbocycles. The van der Waals surface area contributed by atoms with Crippen molar-refractivity contribution in [2.24, 2.45) is 0 Å². The molecule has 1 amide bonds. The van der Waals surface area contributed by atoms with Crippen molar-refractivity contribution < 1.29 is 24.2 Å². The fourth-order valence-corrected chi connectivity index (χ4v) is 5.23. The van der Waals surface area contributed by atoms with E-state index in [4.69, 9.17) is 32.7 Å². The molecule has 38 heavy (non-hydrogen) atoms. The second-order valence-electron chi connectivity index (χ2n) is 10.1. The second-order valence-corrected chi connectivity index (χ2v) is 10.9. The number of ketones is 1. The number of aliphatic hydroxyl groups excluding tert-OH is 1. The van der Waals surface area contributed by atoms with Gasteiger partial charge in [0.25, 0.3) is 11.7 Å². The van der Waals surface area contributed by atoms with Crippen LogP contribution in [0, 0.1) is 0 Å². The zero-order chi connectivity index (χ0) is 27.8. The summed E-state index contributed by atoms with van der Waals surface area (Å²) in [6.07, 6.45) is 0. The van der Waals surface area contributed by atoms with Crippen molar-refractivity contribution in [3.63, 3.8) is 0 Å². The molecular formula is C30H29Cl2NO5. The average molecular weight is 554 g/mol. The van der Waals surface area contributed by atoms with Crippen molar-refractivity contribution in [1.82, 2.24) is 4.90 Å². The molecule has 0 radical (unpaired) electrons. The zero-order valence-corrected chi connectivity index (χ0v) is 23.4. The number of methoxy groups -OCH3 is 2. The molecule has 0 aliphatic carbocycles. The van der Waals surface area contributed by atoms with E-state index < -0.39 is 23.5 Å². The number of amides is 1. The third-order valence-electron chi connectivity index (χ3n) is 6.63. The van der Waals surface area contributed by atoms with Crippen LogP contribution in [-0.4, -0.2) is 35.9 Å². The maximum Gasteiger partial charge on any atom is 0.295 e. The first-order valence-electron chi connectivity index (χ1n) is 12.0. The number of hydrogen-bond donors (Lipinski definition) is 1. The van der Waals surface area contributed by atoms with Gasteiger partial charge in [0.15, 0.2) is 0 Å². The van der Waals surface area contributed by atoms with E-state index in [-0.39, 0.29) is 38.9 Å². The smallest absolute Gasteiger partial charge is 0.295 e. The van der Waals surface area contributed by atoms with E-state index >= 15 is 0 Å². The van der Waals surface area contributed by atoms with Gasteiger partial charge in [-0.25, -0.2) is 0 Å². The van der Waals surface area contributed by atoms with Crippen LogP contribution in [0.15, 0.2) is 66.2 Å². The van der Waals surface area contributed by atoms with E-state index in [0.29, 0.717) is 11.3 Å². The standard InChI is InChI=1S/C30H29Cl2NO5/c1-30(2,3)19-12-10-17(11-13-19)25-24(26(34)21-14-20(31)15-22(32)28(21)38-5)27(35)29(36)33(25)16-18-8-6-7-9-23(18)37-4/h6-15,25,34H,16H2,1-5H3/b26-24+. The van der Waals surface area contributed by atoms with Crippen LogP contribution >= 0.6 is 23.2 Å². The fourth-order valence-electron chi connectivity index (χ4n) is 4.66. The molecule has 1 N–H and O–H groups in total. The molecule has 1 atom stereocenters. The van der Waals surface area contributed by atoms with Gasteiger partial charge < -0.3 is 19.5 Å². The number of para-hydroxylation sites is 1. The van der Waals surface area contributed by atoms with E-state index in [1.54, 1.807) is 13.2 Å². The van der Waals surface area contributed by atoms with Crippen LogP contribution in [-0.2, 0) is 21.5 Å². The molecule has 1 saturated heterocycles. The Labute approximate surface area is 232 Å². The lowest BCUT2D eigenvalue weighted by atomic mass is 9.85. The highest BCUT2D eigenvalue weighted by Gasteiger charge is 2.46. The van der Waals surface area contributed by atoms with Gasteiger partial charge in [0.05, 0.1) is 43.0 Å². The van der Waals surface area contributed by atoms with Gasteiger partial charge >= 0.3 is 0 Å². The van der Waals surface area contributed by atoms with Gasteiger partial charge in [-0.3, -0.25) is 9.59 Å². The lowest BCUT2D eigenvalue weighted by Gasteiger charge is -2.27. The Hall–Kier alpha value is -3.48. The summed E-state index contributed by atoms with van der Waals surface area (Å²) in [5.74, 6) is -1.25. The van der Waals surface area contributed by atoms with Gasteiger partial charge in [-0.2, -0.15) is 0 Å². The molecule has 6 nitrogen and oxygen atoms in total. The van der Waals surface area contributed by atoms with E-state index in [9.17, 15) is 14.7 Å². The van der Waals surface area contributed by atoms with E-state index in [1.165, 1.54) is 24.1 Å². The molecule has 1 heterocycles. The molecule has 0 aromatic heterocycles. The average Bonchev–Trinajstić information content (AvgIpc) is 3.12. The number of likely N-dealkylation sites (tertiary alicyclic amines) is 1. The Morgan fingerprint density at radius 2 is 1.63 bits per heavy atom. The Morgan fingerprint density at radius 1 is 0.974 bits per heavy atom. The Balaban J connectivity index is 1.94. The molecule has 4 rings (SSSR count). The number of ether oxygens (including phenoxy) is 2. The number of carbonyl (C=O) groups excluding carboxylic acids is 2. The molecule has 1 fully saturated rings. The first-order chi connectivity index (χ1) is 18.0. The highest BCUT2D eigenvalue weighted by atomic mass is 35.5. The minimum Gasteiger partial charge on any atom is -0.507 e. The van der Waals surface area contributed by atoms with Crippen molar-refractivity contribution in [1.29, 1.82) is 0 Å². The first-order valence-corrected chi connectivity index (χ1v) is 12.8. The van der Waals surface area contributed by atoms with E-state index in [1.807, 2.05) is 42.5 Å². The predicted octanol–water partition coefficient (Wildman–Crippen LogP) is 6.93. The number of halogens is 2. The van der Waals surface area contributed by atoms with Gasteiger partial charge in [-0.15, -0.1) is 0 Å². The quantitative estimate of drug-likeness (QED) is 0.203. The number of aliphatic hydroxyl groups is 1. The Kier molecular flexibility index (Phi) is 7.77. The van der Waals surface area contributed by atoms with Crippen LogP contribution in [0.5, 0.6) is 11.5 Å². The van der Waals surface area contributed by atoms with Crippen LogP contribution in [0.2, 0.25) is 10.0 Å². The third kappa shape index (κ3) is 5.11. The fraction of sp³-hybridized carbons (Fsp3) is 0.267. The summed E-state index contributed by atoms with van der Waals surface area (Å²) in [7, 11) is 2.94. The van der Waals surface area contributed by atoms with Crippen LogP contribution in [0.4, 0.5) is 0 Å². The summed E-state index contributed by atoms with van der Waals surface area (Å²) in [6, 6.07) is 17.0. The topological polar surface area (TPSA) is 76.1 Å². The molecule has 1 aliphatic heterocycles. The summed E-state index contributed by atoms with van der Waals surface area (Å²) in [5.41, 5.74) is 2.42. The number of nitrogens with zero attached hydrogens (tertiary/aromatic N) is 1. The van der Waals surface area contributed by atoms with Crippen molar-refractivity contribution in [3.05, 3.63) is 98.5 Å². The highest BCUT2D eigenvalue weighted by molar-refractivity contribution is 6.46. The molecule has 3 aromatic rings. The largest absolute Gasteiger partial charge is 0.507 e. The summed E-state index contributed by atoms with van der Waals surface area (Å²) in [6.45, 7) is 6.39. The maximum atomic E-state index is 13.5. The third-order valence-corrected chi connectivity index (χ3v) is 7.13. The zero-order valence-electron chi connectivity index (χ0n) is 21.8. The Bertz CT molecular complexity index is 1420. The minimum atomic E-state index is -0.878. The number of hydrogen-bond acceptors (Lipinski definition) is 5. The number of rotatable bonds is 6. The minimum absolute atomic E-state index is 0.0787. The molecule has 198 valence electrons. The van der Waals surface area contributed by atoms with Crippen LogP contribution in [0.3, 0.4) is 0 Å². The summed E-state index contributed by atoms with van der Waals surface area (Å²) >= 11 is 12.5. The Morgan fingerprint density at radius 3 is 2.24 bits per heavy atom. The lowest BCUT2D eigenvalue weighted by Crippen LogP contribution is -2.29. The molecule has 0 saturated carbocycles. The van der Waals surface area contributed by atoms with Crippen LogP contribution < -0.4 is 9.47 Å². The molecule has 0 bridgehead atoms. The molecular weight excluding hydrogens is 525 g/mol.